The molecular formula is C38H45N9O5. The Morgan fingerprint density at radius 3 is 2.56 bits per heavy atom. The van der Waals surface area contributed by atoms with Crippen LogP contribution in [-0.4, -0.2) is 116 Å². The summed E-state index contributed by atoms with van der Waals surface area (Å²) in [7, 11) is 1.74. The van der Waals surface area contributed by atoms with E-state index in [0.29, 0.717) is 37.7 Å². The van der Waals surface area contributed by atoms with E-state index in [1.807, 2.05) is 61.2 Å². The zero-order chi connectivity index (χ0) is 36.5. The fourth-order valence-corrected chi connectivity index (χ4v) is 6.28. The summed E-state index contributed by atoms with van der Waals surface area (Å²) < 4.78 is 12.6. The third-order valence-corrected chi connectivity index (χ3v) is 9.02. The standard InChI is InChI=1S/C22H29N5O3.C16H16N4O2/c1-30-20-8-9-25(14-20)15-21(29)26-10-6-18(7-11-26)17-2-4-19(5-3-17)22-23-16-27(24-22)12-13-28;1-10(2)22-15-6-3-11(8-17-15)16-13-7-12(18-9-21)4-5-14(13)19-20-16/h2-6,16,20,28H,7-15H2,1H3;3-10H,1-2H3,(H,18,21)(H,19,20)/t20-;/m0./s1. The predicted octanol–water partition coefficient (Wildman–Crippen LogP) is 4.25. The van der Waals surface area contributed by atoms with Crippen molar-refractivity contribution in [3.8, 4) is 28.5 Å². The van der Waals surface area contributed by atoms with Crippen molar-refractivity contribution in [2.24, 2.45) is 0 Å². The quantitative estimate of drug-likeness (QED) is 0.160. The van der Waals surface area contributed by atoms with Crippen LogP contribution in [0.5, 0.6) is 5.88 Å². The third kappa shape index (κ3) is 9.07. The van der Waals surface area contributed by atoms with E-state index in [1.165, 1.54) is 11.1 Å². The first-order valence-electron chi connectivity index (χ1n) is 17.5. The van der Waals surface area contributed by atoms with Gasteiger partial charge in [-0.05, 0) is 62.1 Å². The fraction of sp³-hybridized carbons (Fsp3) is 0.368. The van der Waals surface area contributed by atoms with Crippen molar-refractivity contribution < 1.29 is 24.2 Å². The van der Waals surface area contributed by atoms with Crippen molar-refractivity contribution in [2.75, 3.05) is 51.8 Å². The lowest BCUT2D eigenvalue weighted by molar-refractivity contribution is -0.131. The molecule has 14 heteroatoms. The Kier molecular flexibility index (Phi) is 12.0. The lowest BCUT2D eigenvalue weighted by atomic mass is 9.98. The summed E-state index contributed by atoms with van der Waals surface area (Å²) in [6, 6.07) is 17.5. The van der Waals surface area contributed by atoms with E-state index in [-0.39, 0.29) is 24.7 Å². The van der Waals surface area contributed by atoms with Crippen LogP contribution in [-0.2, 0) is 20.9 Å². The zero-order valence-electron chi connectivity index (χ0n) is 29.7. The number of likely N-dealkylation sites (tertiary alicyclic amines) is 1. The van der Waals surface area contributed by atoms with Crippen LogP contribution in [0.1, 0.15) is 32.3 Å². The second-order valence-corrected chi connectivity index (χ2v) is 13.0. The number of ether oxygens (including phenoxy) is 2. The number of fused-ring (bicyclic) bond motifs is 1. The predicted molar refractivity (Wildman–Crippen MR) is 198 cm³/mol. The third-order valence-electron chi connectivity index (χ3n) is 9.02. The average molecular weight is 708 g/mol. The smallest absolute Gasteiger partial charge is 0.237 e. The van der Waals surface area contributed by atoms with Gasteiger partial charge in [-0.3, -0.25) is 24.3 Å². The van der Waals surface area contributed by atoms with Gasteiger partial charge in [0.2, 0.25) is 18.2 Å². The van der Waals surface area contributed by atoms with Gasteiger partial charge in [-0.15, -0.1) is 0 Å². The van der Waals surface area contributed by atoms with Crippen LogP contribution in [0.4, 0.5) is 5.69 Å². The van der Waals surface area contributed by atoms with Crippen LogP contribution < -0.4 is 10.1 Å². The number of hydrogen-bond donors (Lipinski definition) is 3. The largest absolute Gasteiger partial charge is 0.475 e. The number of hydrogen-bond acceptors (Lipinski definition) is 10. The van der Waals surface area contributed by atoms with Gasteiger partial charge in [0.05, 0.1) is 37.4 Å². The molecule has 3 N–H and O–H groups in total. The molecule has 1 fully saturated rings. The van der Waals surface area contributed by atoms with E-state index >= 15 is 0 Å². The minimum atomic E-state index is 0.0428. The van der Waals surface area contributed by atoms with Crippen LogP contribution in [0, 0.1) is 0 Å². The summed E-state index contributed by atoms with van der Waals surface area (Å²) >= 11 is 0. The Balaban J connectivity index is 0.000000187. The normalized spacial score (nSPS) is 16.1. The van der Waals surface area contributed by atoms with Gasteiger partial charge in [-0.25, -0.2) is 9.97 Å². The highest BCUT2D eigenvalue weighted by Gasteiger charge is 2.26. The molecule has 0 aliphatic carbocycles. The number of amides is 2. The van der Waals surface area contributed by atoms with Crippen LogP contribution in [0.3, 0.4) is 0 Å². The van der Waals surface area contributed by atoms with Crippen LogP contribution in [0.15, 0.2) is 73.2 Å². The Morgan fingerprint density at radius 2 is 1.88 bits per heavy atom. The Morgan fingerprint density at radius 1 is 1.08 bits per heavy atom. The first-order chi connectivity index (χ1) is 25.3. The molecule has 0 saturated carbocycles. The highest BCUT2D eigenvalue weighted by Crippen LogP contribution is 2.29. The number of carbonyl (C=O) groups excluding carboxylic acids is 2. The van der Waals surface area contributed by atoms with Gasteiger partial charge < -0.3 is 24.8 Å². The van der Waals surface area contributed by atoms with Crippen LogP contribution in [0.25, 0.3) is 39.1 Å². The molecule has 272 valence electrons. The van der Waals surface area contributed by atoms with Gasteiger partial charge >= 0.3 is 0 Å². The maximum atomic E-state index is 12.6. The summed E-state index contributed by atoms with van der Waals surface area (Å²) in [6.45, 7) is 8.06. The molecule has 5 heterocycles. The first kappa shape index (κ1) is 36.4. The zero-order valence-corrected chi connectivity index (χ0v) is 29.7. The second kappa shape index (κ2) is 17.2. The van der Waals surface area contributed by atoms with E-state index in [0.717, 1.165) is 65.9 Å². The molecule has 7 rings (SSSR count). The molecule has 1 atom stereocenters. The number of aromatic nitrogens is 6. The molecule has 2 aliphatic heterocycles. The topological polar surface area (TPSA) is 164 Å². The SMILES string of the molecule is CC(C)Oc1ccc(-c2n[nH]c3ccc(NC=O)cc23)cn1.CO[C@H]1CCN(CC(=O)N2CC=C(c3ccc(-c4ncn(CCO)n4)cc3)CC2)C1. The van der Waals surface area contributed by atoms with E-state index in [2.05, 4.69) is 53.7 Å². The van der Waals surface area contributed by atoms with Gasteiger partial charge in [0.15, 0.2) is 5.82 Å². The summed E-state index contributed by atoms with van der Waals surface area (Å²) in [5.74, 6) is 1.44. The van der Waals surface area contributed by atoms with Gasteiger partial charge in [0.25, 0.3) is 0 Å². The van der Waals surface area contributed by atoms with Crippen LogP contribution >= 0.6 is 0 Å². The second-order valence-electron chi connectivity index (χ2n) is 13.0. The van der Waals surface area contributed by atoms with E-state index in [4.69, 9.17) is 14.6 Å². The van der Waals surface area contributed by atoms with Gasteiger partial charge in [-0.1, -0.05) is 30.3 Å². The number of methoxy groups -OCH3 is 1. The Hall–Kier alpha value is -5.44. The first-order valence-corrected chi connectivity index (χ1v) is 17.5. The number of nitrogens with zero attached hydrogens (tertiary/aromatic N) is 7. The van der Waals surface area contributed by atoms with Gasteiger partial charge in [0.1, 0.15) is 12.0 Å². The molecule has 2 aliphatic rings. The average Bonchev–Trinajstić information content (AvgIpc) is 3.93. The molecule has 1 saturated heterocycles. The molecule has 0 bridgehead atoms. The molecule has 0 unspecified atom stereocenters. The van der Waals surface area contributed by atoms with Crippen molar-refractivity contribution in [3.63, 3.8) is 0 Å². The minimum absolute atomic E-state index is 0.0428. The fourth-order valence-electron chi connectivity index (χ4n) is 6.28. The molecule has 3 aromatic heterocycles. The maximum absolute atomic E-state index is 12.6. The van der Waals surface area contributed by atoms with E-state index < -0.39 is 0 Å². The molecular weight excluding hydrogens is 662 g/mol. The number of aliphatic hydroxyl groups is 1. The number of benzene rings is 2. The number of H-pyrrole nitrogens is 1. The number of pyridine rings is 1. The van der Waals surface area contributed by atoms with E-state index in [1.54, 1.807) is 24.3 Å². The summed E-state index contributed by atoms with van der Waals surface area (Å²) in [5, 5.41) is 24.2. The van der Waals surface area contributed by atoms with Crippen molar-refractivity contribution in [1.29, 1.82) is 0 Å². The highest BCUT2D eigenvalue weighted by atomic mass is 16.5. The lowest BCUT2D eigenvalue weighted by Crippen LogP contribution is -2.41. The van der Waals surface area contributed by atoms with Crippen LogP contribution in [0.2, 0.25) is 0 Å². The van der Waals surface area contributed by atoms with E-state index in [9.17, 15) is 9.59 Å². The molecule has 0 spiro atoms. The summed E-state index contributed by atoms with van der Waals surface area (Å²) in [4.78, 5) is 35.9. The number of nitrogens with one attached hydrogen (secondary N) is 2. The number of carbonyl (C=O) groups is 2. The van der Waals surface area contributed by atoms with Gasteiger partial charge in [-0.2, -0.15) is 10.2 Å². The summed E-state index contributed by atoms with van der Waals surface area (Å²) in [5.41, 5.74) is 6.67. The molecule has 14 nitrogen and oxygen atoms in total. The number of aliphatic hydroxyl groups excluding tert-OH is 1. The summed E-state index contributed by atoms with van der Waals surface area (Å²) in [6.07, 6.45) is 8.37. The minimum Gasteiger partial charge on any atom is -0.475 e. The highest BCUT2D eigenvalue weighted by molar-refractivity contribution is 5.95. The number of aromatic amines is 1. The maximum Gasteiger partial charge on any atom is 0.237 e. The Bertz CT molecular complexity index is 1970. The molecule has 52 heavy (non-hydrogen) atoms. The Labute approximate surface area is 302 Å². The van der Waals surface area contributed by atoms with Crippen molar-refractivity contribution in [2.45, 2.75) is 45.4 Å². The van der Waals surface area contributed by atoms with Crippen molar-refractivity contribution in [3.05, 3.63) is 78.8 Å². The molecule has 5 aromatic rings. The monoisotopic (exact) mass is 707 g/mol. The van der Waals surface area contributed by atoms with Crippen molar-refractivity contribution in [1.82, 2.24) is 39.7 Å². The number of rotatable bonds is 12. The van der Waals surface area contributed by atoms with Gasteiger partial charge in [0, 0.05) is 67.8 Å². The molecule has 2 amide bonds. The molecule has 0 radical (unpaired) electrons. The lowest BCUT2D eigenvalue weighted by Gasteiger charge is -2.28. The number of anilines is 1. The molecule has 2 aromatic carbocycles. The van der Waals surface area contributed by atoms with Crippen molar-refractivity contribution >= 4 is 34.5 Å².